The fourth-order valence-corrected chi connectivity index (χ4v) is 3.59. The number of benzene rings is 3. The third-order valence-corrected chi connectivity index (χ3v) is 5.36. The summed E-state index contributed by atoms with van der Waals surface area (Å²) in [5, 5.41) is 3.85. The molecule has 0 aliphatic heterocycles. The molecule has 3 aromatic carbocycles. The zero-order chi connectivity index (χ0) is 22.9. The van der Waals surface area contributed by atoms with Gasteiger partial charge in [0.15, 0.2) is 6.61 Å². The highest BCUT2D eigenvalue weighted by atomic mass is 35.5. The van der Waals surface area contributed by atoms with Gasteiger partial charge in [-0.1, -0.05) is 77.8 Å². The van der Waals surface area contributed by atoms with Gasteiger partial charge in [-0.25, -0.2) is 0 Å². The number of amides is 2. The minimum absolute atomic E-state index is 0.207. The normalized spacial score (nSPS) is 11.5. The van der Waals surface area contributed by atoms with Crippen LogP contribution in [0.5, 0.6) is 5.75 Å². The minimum atomic E-state index is -0.825. The molecular formula is C25H24Cl2N2O3. The number of nitrogens with one attached hydrogen (secondary N) is 1. The highest BCUT2D eigenvalue weighted by molar-refractivity contribution is 6.32. The Hall–Kier alpha value is -3.02. The Kier molecular flexibility index (Phi) is 8.54. The van der Waals surface area contributed by atoms with Crippen LogP contribution in [0.2, 0.25) is 10.0 Å². The van der Waals surface area contributed by atoms with Crippen LogP contribution in [0, 0.1) is 0 Å². The van der Waals surface area contributed by atoms with Crippen molar-refractivity contribution in [2.45, 2.75) is 19.5 Å². The lowest BCUT2D eigenvalue weighted by Crippen LogP contribution is -2.45. The zero-order valence-corrected chi connectivity index (χ0v) is 19.1. The Morgan fingerprint density at radius 3 is 2.25 bits per heavy atom. The second kappa shape index (κ2) is 11.6. The number of carbonyl (C=O) groups is 2. The van der Waals surface area contributed by atoms with Crippen molar-refractivity contribution >= 4 is 35.0 Å². The SMILES string of the molecule is CCNC(=O)C(c1ccccc1)N(Cc1ccc(Cl)cc1)C(=O)COc1ccccc1Cl. The van der Waals surface area contributed by atoms with Gasteiger partial charge in [0.25, 0.3) is 5.91 Å². The van der Waals surface area contributed by atoms with Gasteiger partial charge in [0.05, 0.1) is 5.02 Å². The van der Waals surface area contributed by atoms with Gasteiger partial charge in [-0.2, -0.15) is 0 Å². The average molecular weight is 471 g/mol. The molecule has 0 fully saturated rings. The van der Waals surface area contributed by atoms with Crippen LogP contribution < -0.4 is 10.1 Å². The number of hydrogen-bond acceptors (Lipinski definition) is 3. The molecule has 0 heterocycles. The first-order valence-corrected chi connectivity index (χ1v) is 11.0. The van der Waals surface area contributed by atoms with Gasteiger partial charge in [0.1, 0.15) is 11.8 Å². The largest absolute Gasteiger partial charge is 0.482 e. The Morgan fingerprint density at radius 2 is 1.59 bits per heavy atom. The molecular weight excluding hydrogens is 447 g/mol. The number of para-hydroxylation sites is 1. The Labute approximate surface area is 197 Å². The first-order chi connectivity index (χ1) is 15.5. The monoisotopic (exact) mass is 470 g/mol. The summed E-state index contributed by atoms with van der Waals surface area (Å²) in [5.41, 5.74) is 1.55. The van der Waals surface area contributed by atoms with E-state index in [4.69, 9.17) is 27.9 Å². The molecule has 2 amide bonds. The molecule has 166 valence electrons. The molecule has 0 spiro atoms. The summed E-state index contributed by atoms with van der Waals surface area (Å²) in [5.74, 6) is -0.207. The Balaban J connectivity index is 1.93. The number of rotatable bonds is 9. The minimum Gasteiger partial charge on any atom is -0.482 e. The second-order valence-corrected chi connectivity index (χ2v) is 7.92. The van der Waals surface area contributed by atoms with Crippen molar-refractivity contribution in [2.24, 2.45) is 0 Å². The van der Waals surface area contributed by atoms with Crippen LogP contribution in [0.4, 0.5) is 0 Å². The highest BCUT2D eigenvalue weighted by Crippen LogP contribution is 2.26. The van der Waals surface area contributed by atoms with E-state index in [2.05, 4.69) is 5.32 Å². The van der Waals surface area contributed by atoms with Gasteiger partial charge in [0, 0.05) is 18.1 Å². The molecule has 3 rings (SSSR count). The molecule has 0 bridgehead atoms. The summed E-state index contributed by atoms with van der Waals surface area (Å²) >= 11 is 12.2. The molecule has 1 unspecified atom stereocenters. The van der Waals surface area contributed by atoms with Crippen molar-refractivity contribution in [3.8, 4) is 5.75 Å². The third kappa shape index (κ3) is 6.25. The second-order valence-electron chi connectivity index (χ2n) is 7.08. The van der Waals surface area contributed by atoms with Gasteiger partial charge in [0.2, 0.25) is 5.91 Å². The molecule has 0 saturated carbocycles. The van der Waals surface area contributed by atoms with E-state index in [0.717, 1.165) is 5.56 Å². The van der Waals surface area contributed by atoms with E-state index in [-0.39, 0.29) is 25.0 Å². The molecule has 32 heavy (non-hydrogen) atoms. The van der Waals surface area contributed by atoms with E-state index in [1.807, 2.05) is 49.4 Å². The molecule has 0 aliphatic rings. The summed E-state index contributed by atoms with van der Waals surface area (Å²) in [6.07, 6.45) is 0. The van der Waals surface area contributed by atoms with Gasteiger partial charge < -0.3 is 15.0 Å². The smallest absolute Gasteiger partial charge is 0.261 e. The van der Waals surface area contributed by atoms with Crippen LogP contribution in [-0.2, 0) is 16.1 Å². The number of likely N-dealkylation sites (N-methyl/N-ethyl adjacent to an activating group) is 1. The maximum atomic E-state index is 13.4. The Morgan fingerprint density at radius 1 is 0.938 bits per heavy atom. The van der Waals surface area contributed by atoms with E-state index < -0.39 is 6.04 Å². The average Bonchev–Trinajstić information content (AvgIpc) is 2.80. The summed E-state index contributed by atoms with van der Waals surface area (Å²) < 4.78 is 5.69. The van der Waals surface area contributed by atoms with E-state index in [1.165, 1.54) is 4.90 Å². The maximum absolute atomic E-state index is 13.4. The lowest BCUT2D eigenvalue weighted by atomic mass is 10.0. The van der Waals surface area contributed by atoms with Crippen molar-refractivity contribution in [1.82, 2.24) is 10.2 Å². The summed E-state index contributed by atoms with van der Waals surface area (Å²) in [6.45, 7) is 2.23. The third-order valence-electron chi connectivity index (χ3n) is 4.80. The van der Waals surface area contributed by atoms with Gasteiger partial charge in [-0.3, -0.25) is 9.59 Å². The van der Waals surface area contributed by atoms with Crippen molar-refractivity contribution < 1.29 is 14.3 Å². The van der Waals surface area contributed by atoms with E-state index in [1.54, 1.807) is 36.4 Å². The molecule has 0 aromatic heterocycles. The molecule has 0 saturated heterocycles. The standard InChI is InChI=1S/C25H24Cl2N2O3/c1-2-28-25(31)24(19-8-4-3-5-9-19)29(16-18-12-14-20(26)15-13-18)23(30)17-32-22-11-7-6-10-21(22)27/h3-15,24H,2,16-17H2,1H3,(H,28,31). The van der Waals surface area contributed by atoms with Crippen molar-refractivity contribution in [3.05, 3.63) is 100 Å². The number of halogens is 2. The number of nitrogens with zero attached hydrogens (tertiary/aromatic N) is 1. The highest BCUT2D eigenvalue weighted by Gasteiger charge is 2.31. The van der Waals surface area contributed by atoms with Crippen molar-refractivity contribution in [2.75, 3.05) is 13.2 Å². The number of carbonyl (C=O) groups excluding carboxylic acids is 2. The quantitative estimate of drug-likeness (QED) is 0.462. The predicted molar refractivity (Wildman–Crippen MR) is 127 cm³/mol. The van der Waals surface area contributed by atoms with Crippen LogP contribution in [0.25, 0.3) is 0 Å². The predicted octanol–water partition coefficient (Wildman–Crippen LogP) is 5.28. The first-order valence-electron chi connectivity index (χ1n) is 10.2. The lowest BCUT2D eigenvalue weighted by molar-refractivity contribution is -0.143. The summed E-state index contributed by atoms with van der Waals surface area (Å²) in [7, 11) is 0. The van der Waals surface area contributed by atoms with E-state index >= 15 is 0 Å². The van der Waals surface area contributed by atoms with Crippen LogP contribution >= 0.6 is 23.2 Å². The molecule has 7 heteroatoms. The molecule has 0 aliphatic carbocycles. The molecule has 5 nitrogen and oxygen atoms in total. The lowest BCUT2D eigenvalue weighted by Gasteiger charge is -2.31. The van der Waals surface area contributed by atoms with Crippen LogP contribution in [0.3, 0.4) is 0 Å². The number of ether oxygens (including phenoxy) is 1. The fraction of sp³-hybridized carbons (Fsp3) is 0.200. The van der Waals surface area contributed by atoms with E-state index in [9.17, 15) is 9.59 Å². The Bertz CT molecular complexity index is 1040. The van der Waals surface area contributed by atoms with E-state index in [0.29, 0.717) is 27.9 Å². The van der Waals surface area contributed by atoms with Gasteiger partial charge in [-0.05, 0) is 42.3 Å². The summed E-state index contributed by atoms with van der Waals surface area (Å²) in [6, 6.07) is 22.5. The zero-order valence-electron chi connectivity index (χ0n) is 17.6. The molecule has 0 radical (unpaired) electrons. The molecule has 1 N–H and O–H groups in total. The van der Waals surface area contributed by atoms with Crippen LogP contribution in [-0.4, -0.2) is 29.9 Å². The van der Waals surface area contributed by atoms with Crippen molar-refractivity contribution in [1.29, 1.82) is 0 Å². The van der Waals surface area contributed by atoms with Crippen LogP contribution in [0.1, 0.15) is 24.1 Å². The molecule has 3 aromatic rings. The summed E-state index contributed by atoms with van der Waals surface area (Å²) in [4.78, 5) is 28.0. The van der Waals surface area contributed by atoms with Gasteiger partial charge in [-0.15, -0.1) is 0 Å². The van der Waals surface area contributed by atoms with Crippen LogP contribution in [0.15, 0.2) is 78.9 Å². The number of hydrogen-bond donors (Lipinski definition) is 1. The van der Waals surface area contributed by atoms with Gasteiger partial charge >= 0.3 is 0 Å². The topological polar surface area (TPSA) is 58.6 Å². The molecule has 1 atom stereocenters. The van der Waals surface area contributed by atoms with Crippen molar-refractivity contribution in [3.63, 3.8) is 0 Å². The maximum Gasteiger partial charge on any atom is 0.261 e. The fourth-order valence-electron chi connectivity index (χ4n) is 3.27. The first kappa shape index (κ1) is 23.6.